The Morgan fingerprint density at radius 3 is 2.59 bits per heavy atom. The van der Waals surface area contributed by atoms with Crippen LogP contribution in [0.2, 0.25) is 0 Å². The van der Waals surface area contributed by atoms with E-state index in [0.29, 0.717) is 0 Å². The van der Waals surface area contributed by atoms with Crippen LogP contribution in [0.4, 0.5) is 0 Å². The van der Waals surface area contributed by atoms with Crippen LogP contribution < -0.4 is 0 Å². The SMILES string of the molecule is Cc1cc2nnn(CCCN(C)C)c2cc1C. The molecule has 0 aliphatic rings. The summed E-state index contributed by atoms with van der Waals surface area (Å²) in [5, 5.41) is 8.44. The van der Waals surface area contributed by atoms with Gasteiger partial charge in [0.2, 0.25) is 0 Å². The van der Waals surface area contributed by atoms with E-state index in [-0.39, 0.29) is 0 Å². The molecule has 0 aliphatic carbocycles. The number of rotatable bonds is 4. The highest BCUT2D eigenvalue weighted by molar-refractivity contribution is 5.76. The van der Waals surface area contributed by atoms with Crippen LogP contribution in [-0.2, 0) is 6.54 Å². The zero-order chi connectivity index (χ0) is 12.4. The van der Waals surface area contributed by atoms with Gasteiger partial charge in [0.1, 0.15) is 5.52 Å². The van der Waals surface area contributed by atoms with E-state index in [1.807, 2.05) is 4.68 Å². The summed E-state index contributed by atoms with van der Waals surface area (Å²) in [5.41, 5.74) is 4.72. The molecule has 4 heteroatoms. The Morgan fingerprint density at radius 1 is 1.18 bits per heavy atom. The topological polar surface area (TPSA) is 34.0 Å². The van der Waals surface area contributed by atoms with Crippen LogP contribution in [0.15, 0.2) is 12.1 Å². The molecule has 4 nitrogen and oxygen atoms in total. The molecule has 0 atom stereocenters. The predicted octanol–water partition coefficient (Wildman–Crippen LogP) is 2.00. The Labute approximate surface area is 102 Å². The maximum atomic E-state index is 4.22. The lowest BCUT2D eigenvalue weighted by atomic mass is 10.1. The van der Waals surface area contributed by atoms with Crippen molar-refractivity contribution in [3.63, 3.8) is 0 Å². The van der Waals surface area contributed by atoms with Crippen molar-refractivity contribution in [1.29, 1.82) is 0 Å². The third-order valence-electron chi connectivity index (χ3n) is 3.10. The zero-order valence-corrected chi connectivity index (χ0v) is 11.1. The van der Waals surface area contributed by atoms with E-state index in [4.69, 9.17) is 0 Å². The van der Waals surface area contributed by atoms with Gasteiger partial charge in [-0.1, -0.05) is 5.21 Å². The van der Waals surface area contributed by atoms with Crippen LogP contribution in [0, 0.1) is 13.8 Å². The number of hydrogen-bond acceptors (Lipinski definition) is 3. The van der Waals surface area contributed by atoms with Gasteiger partial charge in [-0.2, -0.15) is 0 Å². The predicted molar refractivity (Wildman–Crippen MR) is 70.2 cm³/mol. The molecular weight excluding hydrogens is 212 g/mol. The summed E-state index contributed by atoms with van der Waals surface area (Å²) in [6, 6.07) is 4.29. The highest BCUT2D eigenvalue weighted by atomic mass is 15.4. The van der Waals surface area contributed by atoms with Gasteiger partial charge in [0.05, 0.1) is 5.52 Å². The van der Waals surface area contributed by atoms with Crippen LogP contribution in [0.3, 0.4) is 0 Å². The second kappa shape index (κ2) is 4.84. The fraction of sp³-hybridized carbons (Fsp3) is 0.538. The smallest absolute Gasteiger partial charge is 0.113 e. The zero-order valence-electron chi connectivity index (χ0n) is 11.1. The highest BCUT2D eigenvalue weighted by Crippen LogP contribution is 2.17. The molecule has 0 fully saturated rings. The lowest BCUT2D eigenvalue weighted by Gasteiger charge is -2.09. The average molecular weight is 232 g/mol. The molecule has 0 spiro atoms. The number of nitrogens with zero attached hydrogens (tertiary/aromatic N) is 4. The molecule has 0 bridgehead atoms. The van der Waals surface area contributed by atoms with Crippen molar-refractivity contribution >= 4 is 11.0 Å². The van der Waals surface area contributed by atoms with Crippen molar-refractivity contribution < 1.29 is 0 Å². The molecule has 1 aromatic heterocycles. The number of benzene rings is 1. The second-order valence-electron chi connectivity index (χ2n) is 4.89. The quantitative estimate of drug-likeness (QED) is 0.808. The van der Waals surface area contributed by atoms with E-state index in [9.17, 15) is 0 Å². The van der Waals surface area contributed by atoms with Gasteiger partial charge in [-0.15, -0.1) is 5.10 Å². The number of hydrogen-bond donors (Lipinski definition) is 0. The molecule has 0 saturated carbocycles. The summed E-state index contributed by atoms with van der Waals surface area (Å²) < 4.78 is 2.01. The van der Waals surface area contributed by atoms with Gasteiger partial charge in [0.15, 0.2) is 0 Å². The summed E-state index contributed by atoms with van der Waals surface area (Å²) in [7, 11) is 4.18. The Hall–Kier alpha value is -1.42. The van der Waals surface area contributed by atoms with Gasteiger partial charge in [0.25, 0.3) is 0 Å². The van der Waals surface area contributed by atoms with Gasteiger partial charge in [-0.05, 0) is 64.2 Å². The third-order valence-corrected chi connectivity index (χ3v) is 3.10. The molecule has 0 saturated heterocycles. The Balaban J connectivity index is 2.21. The van der Waals surface area contributed by atoms with E-state index in [1.165, 1.54) is 11.1 Å². The molecular formula is C13H20N4. The van der Waals surface area contributed by atoms with Gasteiger partial charge < -0.3 is 4.90 Å². The van der Waals surface area contributed by atoms with Crippen molar-refractivity contribution in [2.75, 3.05) is 20.6 Å². The molecule has 0 radical (unpaired) electrons. The first-order valence-corrected chi connectivity index (χ1v) is 6.03. The summed E-state index contributed by atoms with van der Waals surface area (Å²) in [5.74, 6) is 0. The molecule has 0 amide bonds. The van der Waals surface area contributed by atoms with Gasteiger partial charge in [0, 0.05) is 6.54 Å². The molecule has 1 heterocycles. The maximum absolute atomic E-state index is 4.22. The van der Waals surface area contributed by atoms with E-state index in [2.05, 4.69) is 55.3 Å². The number of fused-ring (bicyclic) bond motifs is 1. The van der Waals surface area contributed by atoms with Crippen LogP contribution in [0.5, 0.6) is 0 Å². The molecule has 1 aromatic carbocycles. The highest BCUT2D eigenvalue weighted by Gasteiger charge is 2.06. The van der Waals surface area contributed by atoms with E-state index >= 15 is 0 Å². The summed E-state index contributed by atoms with van der Waals surface area (Å²) in [6.07, 6.45) is 1.10. The van der Waals surface area contributed by atoms with Crippen LogP contribution >= 0.6 is 0 Å². The van der Waals surface area contributed by atoms with Crippen molar-refractivity contribution in [3.8, 4) is 0 Å². The fourth-order valence-electron chi connectivity index (χ4n) is 1.92. The molecule has 92 valence electrons. The van der Waals surface area contributed by atoms with Crippen LogP contribution in [0.1, 0.15) is 17.5 Å². The van der Waals surface area contributed by atoms with Crippen molar-refractivity contribution in [1.82, 2.24) is 19.9 Å². The Morgan fingerprint density at radius 2 is 1.88 bits per heavy atom. The van der Waals surface area contributed by atoms with Gasteiger partial charge in [-0.25, -0.2) is 4.68 Å². The van der Waals surface area contributed by atoms with E-state index < -0.39 is 0 Å². The molecule has 2 rings (SSSR count). The molecule has 17 heavy (non-hydrogen) atoms. The first-order valence-electron chi connectivity index (χ1n) is 6.03. The number of aromatic nitrogens is 3. The average Bonchev–Trinajstić information content (AvgIpc) is 2.62. The Kier molecular flexibility index (Phi) is 3.43. The Bertz CT molecular complexity index is 513. The fourth-order valence-corrected chi connectivity index (χ4v) is 1.92. The standard InChI is InChI=1S/C13H20N4/c1-10-8-12-13(9-11(10)2)17(15-14-12)7-5-6-16(3)4/h8-9H,5-7H2,1-4H3. The number of aryl methyl sites for hydroxylation is 3. The van der Waals surface area contributed by atoms with E-state index in [0.717, 1.165) is 30.5 Å². The van der Waals surface area contributed by atoms with Crippen molar-refractivity contribution in [3.05, 3.63) is 23.3 Å². The van der Waals surface area contributed by atoms with Crippen molar-refractivity contribution in [2.24, 2.45) is 0 Å². The van der Waals surface area contributed by atoms with Gasteiger partial charge >= 0.3 is 0 Å². The van der Waals surface area contributed by atoms with Crippen LogP contribution in [0.25, 0.3) is 11.0 Å². The maximum Gasteiger partial charge on any atom is 0.113 e. The van der Waals surface area contributed by atoms with Gasteiger partial charge in [-0.3, -0.25) is 0 Å². The summed E-state index contributed by atoms with van der Waals surface area (Å²) >= 11 is 0. The lowest BCUT2D eigenvalue weighted by molar-refractivity contribution is 0.381. The lowest BCUT2D eigenvalue weighted by Crippen LogP contribution is -2.15. The first kappa shape index (κ1) is 12.0. The molecule has 0 aliphatic heterocycles. The molecule has 0 unspecified atom stereocenters. The monoisotopic (exact) mass is 232 g/mol. The second-order valence-corrected chi connectivity index (χ2v) is 4.89. The minimum atomic E-state index is 0.928. The van der Waals surface area contributed by atoms with Crippen LogP contribution in [-0.4, -0.2) is 40.5 Å². The van der Waals surface area contributed by atoms with E-state index in [1.54, 1.807) is 0 Å². The first-order chi connectivity index (χ1) is 8.08. The third kappa shape index (κ3) is 2.64. The summed E-state index contributed by atoms with van der Waals surface area (Å²) in [4.78, 5) is 2.19. The van der Waals surface area contributed by atoms with Crippen molar-refractivity contribution in [2.45, 2.75) is 26.8 Å². The normalized spacial score (nSPS) is 11.6. The minimum absolute atomic E-state index is 0.928. The minimum Gasteiger partial charge on any atom is -0.309 e. The molecule has 2 aromatic rings. The molecule has 0 N–H and O–H groups in total. The summed E-state index contributed by atoms with van der Waals surface area (Å²) in [6.45, 7) is 6.25. The largest absolute Gasteiger partial charge is 0.309 e.